The van der Waals surface area contributed by atoms with E-state index in [1.807, 2.05) is 0 Å². The lowest BCUT2D eigenvalue weighted by atomic mass is 10.0. The molecule has 0 aliphatic heterocycles. The summed E-state index contributed by atoms with van der Waals surface area (Å²) in [7, 11) is 8.53. The molecule has 0 saturated heterocycles. The second-order valence-corrected chi connectivity index (χ2v) is 8.39. The summed E-state index contributed by atoms with van der Waals surface area (Å²) in [6.45, 7) is 1.82. The summed E-state index contributed by atoms with van der Waals surface area (Å²) in [4.78, 5) is 14.8. The van der Waals surface area contributed by atoms with Gasteiger partial charge in [0.2, 0.25) is 0 Å². The predicted octanol–water partition coefficient (Wildman–Crippen LogP) is 3.24. The summed E-state index contributed by atoms with van der Waals surface area (Å²) in [6.07, 6.45) is 7.03. The lowest BCUT2D eigenvalue weighted by Crippen LogP contribution is -2.16. The number of rotatable bonds is 5. The second kappa shape index (κ2) is 7.09. The first kappa shape index (κ1) is 17.6. The molecule has 4 heteroatoms. The number of nitrogens with zero attached hydrogens (tertiary/aromatic N) is 4. The zero-order valence-corrected chi connectivity index (χ0v) is 16.6. The molecule has 0 unspecified atom stereocenters. The van der Waals surface area contributed by atoms with E-state index in [9.17, 15) is 0 Å². The van der Waals surface area contributed by atoms with E-state index < -0.39 is 0 Å². The number of fused-ring (bicyclic) bond motifs is 2. The van der Waals surface area contributed by atoms with Crippen molar-refractivity contribution >= 4 is 0 Å². The predicted molar refractivity (Wildman–Crippen MR) is 106 cm³/mol. The van der Waals surface area contributed by atoms with Crippen LogP contribution in [0.3, 0.4) is 0 Å². The van der Waals surface area contributed by atoms with Gasteiger partial charge in [-0.15, -0.1) is 0 Å². The molecule has 2 aromatic rings. The van der Waals surface area contributed by atoms with Crippen molar-refractivity contribution in [2.75, 3.05) is 28.2 Å². The van der Waals surface area contributed by atoms with E-state index in [-0.39, 0.29) is 0 Å². The molecular weight excluding hydrogens is 320 g/mol. The smallest absolute Gasteiger partial charge is 0.0938 e. The Morgan fingerprint density at radius 3 is 1.50 bits per heavy atom. The van der Waals surface area contributed by atoms with E-state index in [4.69, 9.17) is 9.97 Å². The zero-order chi connectivity index (χ0) is 18.3. The summed E-state index contributed by atoms with van der Waals surface area (Å²) in [5, 5.41) is 0. The van der Waals surface area contributed by atoms with Crippen LogP contribution in [0.2, 0.25) is 0 Å². The van der Waals surface area contributed by atoms with Crippen LogP contribution in [0.25, 0.3) is 11.4 Å². The number of aromatic nitrogens is 2. The minimum Gasteiger partial charge on any atom is -0.305 e. The van der Waals surface area contributed by atoms with Gasteiger partial charge < -0.3 is 9.80 Å². The Morgan fingerprint density at radius 2 is 1.12 bits per heavy atom. The molecule has 26 heavy (non-hydrogen) atoms. The van der Waals surface area contributed by atoms with Crippen LogP contribution in [0.4, 0.5) is 0 Å². The number of hydrogen-bond acceptors (Lipinski definition) is 4. The highest BCUT2D eigenvalue weighted by atomic mass is 15.1. The first-order valence-electron chi connectivity index (χ1n) is 9.84. The molecule has 0 spiro atoms. The summed E-state index contributed by atoms with van der Waals surface area (Å²) in [5.74, 6) is 0. The van der Waals surface area contributed by atoms with Crippen LogP contribution in [-0.2, 0) is 38.8 Å². The van der Waals surface area contributed by atoms with Gasteiger partial charge in [-0.25, -0.2) is 0 Å². The lowest BCUT2D eigenvalue weighted by Gasteiger charge is -2.19. The van der Waals surface area contributed by atoms with E-state index in [0.717, 1.165) is 37.3 Å². The molecule has 2 aliphatic carbocycles. The van der Waals surface area contributed by atoms with Crippen molar-refractivity contribution in [3.05, 3.63) is 45.8 Å². The van der Waals surface area contributed by atoms with Crippen molar-refractivity contribution < 1.29 is 0 Å². The van der Waals surface area contributed by atoms with Crippen LogP contribution in [0.1, 0.15) is 46.5 Å². The Bertz CT molecular complexity index is 754. The summed E-state index contributed by atoms with van der Waals surface area (Å²) >= 11 is 0. The Balaban J connectivity index is 1.88. The molecule has 0 radical (unpaired) electrons. The van der Waals surface area contributed by atoms with E-state index >= 15 is 0 Å². The lowest BCUT2D eigenvalue weighted by molar-refractivity contribution is 0.400. The first-order valence-corrected chi connectivity index (χ1v) is 9.84. The SMILES string of the molecule is CN(C)Cc1cc2c(nc1-c1nc3c(cc1CN(C)C)CCC3)CCC2. The quantitative estimate of drug-likeness (QED) is 0.829. The molecule has 0 saturated carbocycles. The molecule has 0 fully saturated rings. The third-order valence-electron chi connectivity index (χ3n) is 5.46. The maximum absolute atomic E-state index is 5.16. The van der Waals surface area contributed by atoms with Crippen molar-refractivity contribution in [2.45, 2.75) is 51.6 Å². The number of aryl methyl sites for hydroxylation is 4. The van der Waals surface area contributed by atoms with Gasteiger partial charge in [-0.2, -0.15) is 0 Å². The minimum absolute atomic E-state index is 0.912. The Hall–Kier alpha value is -1.78. The minimum atomic E-state index is 0.912. The van der Waals surface area contributed by atoms with Crippen LogP contribution in [0.15, 0.2) is 12.1 Å². The molecule has 2 aliphatic rings. The maximum Gasteiger partial charge on any atom is 0.0938 e. The molecule has 0 aromatic carbocycles. The van der Waals surface area contributed by atoms with Crippen LogP contribution in [-0.4, -0.2) is 48.0 Å². The third kappa shape index (κ3) is 3.40. The Labute approximate surface area is 157 Å². The van der Waals surface area contributed by atoms with Crippen molar-refractivity contribution in [2.24, 2.45) is 0 Å². The monoisotopic (exact) mass is 350 g/mol. The van der Waals surface area contributed by atoms with Crippen LogP contribution >= 0.6 is 0 Å². The fourth-order valence-corrected chi connectivity index (χ4v) is 4.37. The molecule has 138 valence electrons. The Morgan fingerprint density at radius 1 is 0.692 bits per heavy atom. The van der Waals surface area contributed by atoms with Gasteiger partial charge in [-0.3, -0.25) is 9.97 Å². The van der Waals surface area contributed by atoms with E-state index in [2.05, 4.69) is 50.1 Å². The molecule has 0 amide bonds. The van der Waals surface area contributed by atoms with Gasteiger partial charge in [0, 0.05) is 24.5 Å². The molecule has 0 bridgehead atoms. The topological polar surface area (TPSA) is 32.3 Å². The van der Waals surface area contributed by atoms with Gasteiger partial charge >= 0.3 is 0 Å². The molecule has 2 heterocycles. The highest BCUT2D eigenvalue weighted by molar-refractivity contribution is 5.65. The van der Waals surface area contributed by atoms with Gasteiger partial charge in [0.1, 0.15) is 0 Å². The standard InChI is InChI=1S/C22H30N4/c1-25(2)13-17-11-15-7-5-9-19(15)23-21(17)22-18(14-26(3)4)12-16-8-6-10-20(16)24-22/h11-12H,5-10,13-14H2,1-4H3. The van der Waals surface area contributed by atoms with Crippen molar-refractivity contribution in [1.29, 1.82) is 0 Å². The van der Waals surface area contributed by atoms with Crippen LogP contribution in [0.5, 0.6) is 0 Å². The highest BCUT2D eigenvalue weighted by Gasteiger charge is 2.23. The molecule has 4 rings (SSSR count). The second-order valence-electron chi connectivity index (χ2n) is 8.39. The highest BCUT2D eigenvalue weighted by Crippen LogP contribution is 2.33. The van der Waals surface area contributed by atoms with E-state index in [0.29, 0.717) is 0 Å². The molecule has 4 nitrogen and oxygen atoms in total. The molecule has 0 N–H and O–H groups in total. The van der Waals surface area contributed by atoms with Gasteiger partial charge in [-0.1, -0.05) is 12.1 Å². The molecule has 0 atom stereocenters. The first-order chi connectivity index (χ1) is 12.5. The van der Waals surface area contributed by atoms with Gasteiger partial charge in [0.05, 0.1) is 11.4 Å². The fourth-order valence-electron chi connectivity index (χ4n) is 4.37. The molecular formula is C22H30N4. The van der Waals surface area contributed by atoms with E-state index in [1.54, 1.807) is 0 Å². The number of pyridine rings is 2. The zero-order valence-electron chi connectivity index (χ0n) is 16.6. The fraction of sp³-hybridized carbons (Fsp3) is 0.545. The van der Waals surface area contributed by atoms with E-state index in [1.165, 1.54) is 59.3 Å². The van der Waals surface area contributed by atoms with Gasteiger partial charge in [-0.05, 0) is 89.0 Å². The third-order valence-corrected chi connectivity index (χ3v) is 5.46. The number of hydrogen-bond donors (Lipinski definition) is 0. The van der Waals surface area contributed by atoms with Crippen LogP contribution < -0.4 is 0 Å². The average Bonchev–Trinajstić information content (AvgIpc) is 3.20. The largest absolute Gasteiger partial charge is 0.305 e. The average molecular weight is 351 g/mol. The summed E-state index contributed by atoms with van der Waals surface area (Å²) in [6, 6.07) is 4.80. The van der Waals surface area contributed by atoms with Crippen molar-refractivity contribution in [1.82, 2.24) is 19.8 Å². The van der Waals surface area contributed by atoms with Crippen molar-refractivity contribution in [3.63, 3.8) is 0 Å². The summed E-state index contributed by atoms with van der Waals surface area (Å²) < 4.78 is 0. The van der Waals surface area contributed by atoms with Crippen molar-refractivity contribution in [3.8, 4) is 11.4 Å². The Kier molecular flexibility index (Phi) is 4.80. The maximum atomic E-state index is 5.16. The van der Waals surface area contributed by atoms with Crippen LogP contribution in [0, 0.1) is 0 Å². The summed E-state index contributed by atoms with van der Waals surface area (Å²) in [5.41, 5.74) is 10.3. The molecule has 2 aromatic heterocycles. The van der Waals surface area contributed by atoms with Gasteiger partial charge in [0.15, 0.2) is 0 Å². The van der Waals surface area contributed by atoms with Gasteiger partial charge in [0.25, 0.3) is 0 Å². The normalized spacial score (nSPS) is 15.8.